The number of hydrogen-bond acceptors (Lipinski definition) is 4. The highest BCUT2D eigenvalue weighted by Crippen LogP contribution is 2.68. The fourth-order valence-corrected chi connectivity index (χ4v) is 8.50. The normalized spacial score (nSPS) is 50.4. The Kier molecular flexibility index (Phi) is 5.39. The molecule has 0 radical (unpaired) electrons. The summed E-state index contributed by atoms with van der Waals surface area (Å²) in [5.74, 6) is 1.10. The van der Waals surface area contributed by atoms with Crippen molar-refractivity contribution in [1.82, 2.24) is 0 Å². The van der Waals surface area contributed by atoms with Gasteiger partial charge in [-0.25, -0.2) is 0 Å². The predicted molar refractivity (Wildman–Crippen MR) is 109 cm³/mol. The number of ketones is 1. The van der Waals surface area contributed by atoms with Crippen molar-refractivity contribution in [2.45, 2.75) is 90.8 Å². The van der Waals surface area contributed by atoms with Crippen LogP contribution >= 0.6 is 0 Å². The molecule has 0 amide bonds. The van der Waals surface area contributed by atoms with Crippen molar-refractivity contribution < 1.29 is 24.9 Å². The average Bonchev–Trinajstić information content (AvgIpc) is 3.01. The van der Waals surface area contributed by atoms with Gasteiger partial charge in [0.2, 0.25) is 0 Å². The zero-order chi connectivity index (χ0) is 21.1. The lowest BCUT2D eigenvalue weighted by molar-refractivity contribution is -0.201. The van der Waals surface area contributed by atoms with E-state index < -0.39 is 18.2 Å². The third kappa shape index (κ3) is 3.18. The van der Waals surface area contributed by atoms with Crippen LogP contribution in [0.2, 0.25) is 0 Å². The van der Waals surface area contributed by atoms with Gasteiger partial charge in [0, 0.05) is 19.3 Å². The van der Waals surface area contributed by atoms with E-state index in [4.69, 9.17) is 5.11 Å². The quantitative estimate of drug-likeness (QED) is 0.662. The number of Topliss-reactive ketones (excluding diaryl/α,β-unsaturated/α-hetero) is 1. The van der Waals surface area contributed by atoms with Crippen LogP contribution in [0.3, 0.4) is 0 Å². The Labute approximate surface area is 174 Å². The monoisotopic (exact) mass is 406 g/mol. The summed E-state index contributed by atoms with van der Waals surface area (Å²) in [6, 6.07) is 0. The van der Waals surface area contributed by atoms with Crippen LogP contribution in [0, 0.1) is 46.3 Å². The van der Waals surface area contributed by atoms with Crippen LogP contribution in [-0.2, 0) is 9.59 Å². The largest absolute Gasteiger partial charge is 0.481 e. The summed E-state index contributed by atoms with van der Waals surface area (Å²) in [4.78, 5) is 23.1. The fourth-order valence-electron chi connectivity index (χ4n) is 8.50. The number of aliphatic carboxylic acids is 1. The SMILES string of the molecule is CC(CCC(=O)O)[C@H]1CCC2C3C(O)C[C@@H]4CC(=O)CC[C@]4(C)C3C[C@H](O)[C@@]21C. The Bertz CT molecular complexity index is 676. The van der Waals surface area contributed by atoms with E-state index in [-0.39, 0.29) is 46.8 Å². The summed E-state index contributed by atoms with van der Waals surface area (Å²) in [5, 5.41) is 31.8. The molecular formula is C24H38O5. The topological polar surface area (TPSA) is 94.8 Å². The molecule has 5 nitrogen and oxygen atoms in total. The molecule has 0 spiro atoms. The molecule has 5 heteroatoms. The molecule has 4 fully saturated rings. The molecule has 4 aliphatic carbocycles. The van der Waals surface area contributed by atoms with Gasteiger partial charge in [0.1, 0.15) is 5.78 Å². The number of carbonyl (C=O) groups is 2. The molecule has 164 valence electrons. The van der Waals surface area contributed by atoms with E-state index in [9.17, 15) is 19.8 Å². The van der Waals surface area contributed by atoms with Crippen LogP contribution in [0.1, 0.15) is 78.6 Å². The van der Waals surface area contributed by atoms with Crippen molar-refractivity contribution in [2.75, 3.05) is 0 Å². The molecule has 0 aromatic carbocycles. The van der Waals surface area contributed by atoms with E-state index in [1.54, 1.807) is 0 Å². The Balaban J connectivity index is 1.61. The maximum Gasteiger partial charge on any atom is 0.303 e. The predicted octanol–water partition coefficient (Wildman–Crippen LogP) is 3.66. The number of aliphatic hydroxyl groups excluding tert-OH is 2. The van der Waals surface area contributed by atoms with Gasteiger partial charge in [0.05, 0.1) is 12.2 Å². The highest BCUT2D eigenvalue weighted by atomic mass is 16.4. The van der Waals surface area contributed by atoms with E-state index >= 15 is 0 Å². The molecule has 3 N–H and O–H groups in total. The lowest BCUT2D eigenvalue weighted by atomic mass is 9.43. The zero-order valence-corrected chi connectivity index (χ0v) is 18.1. The molecule has 4 aliphatic rings. The van der Waals surface area contributed by atoms with Gasteiger partial charge in [-0.05, 0) is 84.9 Å². The Morgan fingerprint density at radius 2 is 1.90 bits per heavy atom. The van der Waals surface area contributed by atoms with Crippen LogP contribution < -0.4 is 0 Å². The number of aliphatic hydroxyl groups is 2. The lowest BCUT2D eigenvalue weighted by Crippen LogP contribution is -2.62. The molecule has 4 rings (SSSR count). The molecule has 0 bridgehead atoms. The van der Waals surface area contributed by atoms with Crippen molar-refractivity contribution in [3.05, 3.63) is 0 Å². The Morgan fingerprint density at radius 3 is 2.59 bits per heavy atom. The molecule has 0 heterocycles. The third-order valence-corrected chi connectivity index (χ3v) is 10.2. The number of carbonyl (C=O) groups excluding carboxylic acids is 1. The Hall–Kier alpha value is -0.940. The first kappa shape index (κ1) is 21.3. The van der Waals surface area contributed by atoms with E-state index in [2.05, 4.69) is 20.8 Å². The lowest BCUT2D eigenvalue weighted by Gasteiger charge is -2.63. The van der Waals surface area contributed by atoms with Gasteiger partial charge in [-0.1, -0.05) is 20.8 Å². The molecule has 10 atom stereocenters. The van der Waals surface area contributed by atoms with Crippen LogP contribution in [0.5, 0.6) is 0 Å². The molecule has 0 aromatic rings. The van der Waals surface area contributed by atoms with Crippen molar-refractivity contribution in [3.8, 4) is 0 Å². The highest BCUT2D eigenvalue weighted by Gasteiger charge is 2.65. The maximum atomic E-state index is 12.1. The van der Waals surface area contributed by atoms with Crippen LogP contribution in [-0.4, -0.2) is 39.3 Å². The number of hydrogen-bond donors (Lipinski definition) is 3. The number of fused-ring (bicyclic) bond motifs is 5. The highest BCUT2D eigenvalue weighted by molar-refractivity contribution is 5.79. The van der Waals surface area contributed by atoms with Crippen molar-refractivity contribution in [1.29, 1.82) is 0 Å². The molecule has 0 aliphatic heterocycles. The second-order valence-electron chi connectivity index (χ2n) is 11.2. The molecular weight excluding hydrogens is 368 g/mol. The van der Waals surface area contributed by atoms with E-state index in [0.29, 0.717) is 43.8 Å². The van der Waals surface area contributed by atoms with Gasteiger partial charge < -0.3 is 15.3 Å². The minimum absolute atomic E-state index is 0.0348. The first-order chi connectivity index (χ1) is 13.6. The molecule has 4 saturated carbocycles. The first-order valence-corrected chi connectivity index (χ1v) is 11.7. The van der Waals surface area contributed by atoms with Gasteiger partial charge in [-0.2, -0.15) is 0 Å². The number of carboxylic acid groups (broad SMARTS) is 1. The number of carboxylic acids is 1. The van der Waals surface area contributed by atoms with Crippen molar-refractivity contribution >= 4 is 11.8 Å². The first-order valence-electron chi connectivity index (χ1n) is 11.7. The van der Waals surface area contributed by atoms with Crippen LogP contribution in [0.25, 0.3) is 0 Å². The van der Waals surface area contributed by atoms with E-state index in [0.717, 1.165) is 19.3 Å². The summed E-state index contributed by atoms with van der Waals surface area (Å²) in [6.45, 7) is 6.66. The summed E-state index contributed by atoms with van der Waals surface area (Å²) in [5.41, 5.74) is -0.221. The zero-order valence-electron chi connectivity index (χ0n) is 18.1. The number of rotatable bonds is 4. The molecule has 5 unspecified atom stereocenters. The minimum Gasteiger partial charge on any atom is -0.481 e. The van der Waals surface area contributed by atoms with Gasteiger partial charge >= 0.3 is 5.97 Å². The Morgan fingerprint density at radius 1 is 1.17 bits per heavy atom. The summed E-state index contributed by atoms with van der Waals surface area (Å²) >= 11 is 0. The van der Waals surface area contributed by atoms with Crippen LogP contribution in [0.4, 0.5) is 0 Å². The average molecular weight is 407 g/mol. The minimum atomic E-state index is -0.755. The van der Waals surface area contributed by atoms with Gasteiger partial charge in [-0.3, -0.25) is 9.59 Å². The smallest absolute Gasteiger partial charge is 0.303 e. The summed E-state index contributed by atoms with van der Waals surface area (Å²) in [6.07, 6.45) is 5.56. The maximum absolute atomic E-state index is 12.1. The second-order valence-corrected chi connectivity index (χ2v) is 11.2. The summed E-state index contributed by atoms with van der Waals surface area (Å²) in [7, 11) is 0. The standard InChI is InChI=1S/C24H38O5/c1-13(4-7-21(28)29)16-5-6-17-22-18(12-20(27)24(16,17)3)23(2)9-8-15(25)10-14(23)11-19(22)26/h13-14,16-20,22,26-27H,4-12H2,1-3H3,(H,28,29)/t13?,14-,16+,17?,18?,19?,20-,22?,23-,24+/m0/s1. The molecule has 0 aromatic heterocycles. The fraction of sp³-hybridized carbons (Fsp3) is 0.917. The van der Waals surface area contributed by atoms with Crippen LogP contribution in [0.15, 0.2) is 0 Å². The second kappa shape index (κ2) is 7.33. The molecule has 29 heavy (non-hydrogen) atoms. The van der Waals surface area contributed by atoms with Gasteiger partial charge in [0.15, 0.2) is 0 Å². The van der Waals surface area contributed by atoms with Gasteiger partial charge in [0.25, 0.3) is 0 Å². The third-order valence-electron chi connectivity index (χ3n) is 10.2. The van der Waals surface area contributed by atoms with Gasteiger partial charge in [-0.15, -0.1) is 0 Å². The summed E-state index contributed by atoms with van der Waals surface area (Å²) < 4.78 is 0. The van der Waals surface area contributed by atoms with Crippen molar-refractivity contribution in [2.24, 2.45) is 46.3 Å². The van der Waals surface area contributed by atoms with Crippen molar-refractivity contribution in [3.63, 3.8) is 0 Å². The van der Waals surface area contributed by atoms with E-state index in [1.807, 2.05) is 0 Å². The molecule has 0 saturated heterocycles. The van der Waals surface area contributed by atoms with E-state index in [1.165, 1.54) is 0 Å².